The largest absolute Gasteiger partial charge is 0.398 e. The lowest BCUT2D eigenvalue weighted by molar-refractivity contribution is -0.128. The maximum Gasteiger partial charge on any atom is 0.219 e. The van der Waals surface area contributed by atoms with E-state index in [1.165, 1.54) is 0 Å². The number of hydrogen-bond acceptors (Lipinski definition) is 3. The quantitative estimate of drug-likeness (QED) is 0.844. The zero-order valence-electron chi connectivity index (χ0n) is 11.2. The van der Waals surface area contributed by atoms with E-state index in [-0.39, 0.29) is 5.91 Å². The second-order valence-electron chi connectivity index (χ2n) is 4.98. The Hall–Kier alpha value is -1.26. The molecule has 19 heavy (non-hydrogen) atoms. The van der Waals surface area contributed by atoms with Crippen molar-refractivity contribution >= 4 is 23.2 Å². The molecule has 0 unspecified atom stereocenters. The zero-order valence-corrected chi connectivity index (χ0v) is 12.0. The van der Waals surface area contributed by atoms with Crippen LogP contribution in [0, 0.1) is 0 Å². The minimum atomic E-state index is 0.157. The predicted molar refractivity (Wildman–Crippen MR) is 78.0 cm³/mol. The van der Waals surface area contributed by atoms with Gasteiger partial charge >= 0.3 is 0 Å². The van der Waals surface area contributed by atoms with E-state index in [4.69, 9.17) is 17.3 Å². The second-order valence-corrected chi connectivity index (χ2v) is 5.42. The van der Waals surface area contributed by atoms with Gasteiger partial charge in [-0.25, -0.2) is 0 Å². The number of rotatable bonds is 2. The maximum atomic E-state index is 11.4. The summed E-state index contributed by atoms with van der Waals surface area (Å²) < 4.78 is 0. The van der Waals surface area contributed by atoms with Gasteiger partial charge in [-0.15, -0.1) is 0 Å². The van der Waals surface area contributed by atoms with Gasteiger partial charge in [0, 0.05) is 50.4 Å². The summed E-state index contributed by atoms with van der Waals surface area (Å²) >= 11 is 6.00. The standard InChI is InChI=1S/C14H20ClN3O/c1-11(19)18-6-2-5-17(7-8-18)10-12-9-13(15)3-4-14(12)16/h3-4,9H,2,5-8,10,16H2,1H3. The summed E-state index contributed by atoms with van der Waals surface area (Å²) in [5, 5.41) is 0.712. The van der Waals surface area contributed by atoms with Crippen LogP contribution in [0.25, 0.3) is 0 Å². The van der Waals surface area contributed by atoms with Crippen molar-refractivity contribution in [2.75, 3.05) is 31.9 Å². The molecule has 1 aliphatic heterocycles. The van der Waals surface area contributed by atoms with Crippen LogP contribution in [0.2, 0.25) is 5.02 Å². The number of benzene rings is 1. The highest BCUT2D eigenvalue weighted by Crippen LogP contribution is 2.20. The van der Waals surface area contributed by atoms with Crippen molar-refractivity contribution in [2.45, 2.75) is 19.9 Å². The molecule has 0 aliphatic carbocycles. The molecule has 0 saturated carbocycles. The zero-order chi connectivity index (χ0) is 13.8. The molecule has 0 atom stereocenters. The summed E-state index contributed by atoms with van der Waals surface area (Å²) in [5.41, 5.74) is 7.81. The summed E-state index contributed by atoms with van der Waals surface area (Å²) in [6.07, 6.45) is 1.00. The van der Waals surface area contributed by atoms with Gasteiger partial charge in [0.2, 0.25) is 5.91 Å². The van der Waals surface area contributed by atoms with E-state index in [0.29, 0.717) is 5.02 Å². The molecule has 2 rings (SSSR count). The fourth-order valence-corrected chi connectivity index (χ4v) is 2.59. The van der Waals surface area contributed by atoms with Gasteiger partial charge in [-0.1, -0.05) is 11.6 Å². The van der Waals surface area contributed by atoms with Gasteiger partial charge in [0.25, 0.3) is 0 Å². The first-order chi connectivity index (χ1) is 9.06. The fraction of sp³-hybridized carbons (Fsp3) is 0.500. The lowest BCUT2D eigenvalue weighted by Crippen LogP contribution is -2.33. The Morgan fingerprint density at radius 2 is 2.11 bits per heavy atom. The molecule has 0 spiro atoms. The number of amides is 1. The van der Waals surface area contributed by atoms with Crippen molar-refractivity contribution in [3.8, 4) is 0 Å². The Balaban J connectivity index is 1.99. The molecule has 1 aromatic rings. The Kier molecular flexibility index (Phi) is 4.66. The lowest BCUT2D eigenvalue weighted by Gasteiger charge is -2.21. The van der Waals surface area contributed by atoms with E-state index in [1.54, 1.807) is 13.0 Å². The summed E-state index contributed by atoms with van der Waals surface area (Å²) in [5.74, 6) is 0.157. The molecular formula is C14H20ClN3O. The molecular weight excluding hydrogens is 262 g/mol. The van der Waals surface area contributed by atoms with Gasteiger partial charge in [0.1, 0.15) is 0 Å². The molecule has 0 aromatic heterocycles. The van der Waals surface area contributed by atoms with Gasteiger partial charge in [-0.2, -0.15) is 0 Å². The van der Waals surface area contributed by atoms with Gasteiger partial charge in [-0.3, -0.25) is 9.69 Å². The van der Waals surface area contributed by atoms with Crippen molar-refractivity contribution in [1.82, 2.24) is 9.80 Å². The maximum absolute atomic E-state index is 11.4. The number of carbonyl (C=O) groups is 1. The Morgan fingerprint density at radius 1 is 1.32 bits per heavy atom. The normalized spacial score (nSPS) is 17.3. The SMILES string of the molecule is CC(=O)N1CCCN(Cc2cc(Cl)ccc2N)CC1. The molecule has 104 valence electrons. The van der Waals surface area contributed by atoms with Gasteiger partial charge in [0.15, 0.2) is 0 Å². The van der Waals surface area contributed by atoms with Gasteiger partial charge < -0.3 is 10.6 Å². The number of hydrogen-bond donors (Lipinski definition) is 1. The number of nitrogen functional groups attached to an aromatic ring is 1. The third kappa shape index (κ3) is 3.85. The fourth-order valence-electron chi connectivity index (χ4n) is 2.40. The number of nitrogens with zero attached hydrogens (tertiary/aromatic N) is 2. The van der Waals surface area contributed by atoms with Crippen molar-refractivity contribution in [3.63, 3.8) is 0 Å². The molecule has 1 saturated heterocycles. The van der Waals surface area contributed by atoms with Crippen molar-refractivity contribution in [1.29, 1.82) is 0 Å². The third-order valence-corrected chi connectivity index (χ3v) is 3.77. The molecule has 1 aliphatic rings. The monoisotopic (exact) mass is 281 g/mol. The van der Waals surface area contributed by atoms with Crippen molar-refractivity contribution in [2.24, 2.45) is 0 Å². The highest BCUT2D eigenvalue weighted by Gasteiger charge is 2.17. The van der Waals surface area contributed by atoms with Crippen LogP contribution < -0.4 is 5.73 Å². The van der Waals surface area contributed by atoms with Crippen LogP contribution in [0.3, 0.4) is 0 Å². The van der Waals surface area contributed by atoms with E-state index in [0.717, 1.165) is 50.4 Å². The van der Waals surface area contributed by atoms with Crippen LogP contribution in [0.4, 0.5) is 5.69 Å². The summed E-state index contributed by atoms with van der Waals surface area (Å²) in [7, 11) is 0. The van der Waals surface area contributed by atoms with E-state index in [1.807, 2.05) is 17.0 Å². The summed E-state index contributed by atoms with van der Waals surface area (Å²) in [4.78, 5) is 15.6. The van der Waals surface area contributed by atoms with E-state index in [2.05, 4.69) is 4.90 Å². The number of anilines is 1. The predicted octanol–water partition coefficient (Wildman–Crippen LogP) is 1.98. The summed E-state index contributed by atoms with van der Waals surface area (Å²) in [6.45, 7) is 5.91. The first-order valence-electron chi connectivity index (χ1n) is 6.58. The molecule has 1 amide bonds. The third-order valence-electron chi connectivity index (χ3n) is 3.53. The summed E-state index contributed by atoms with van der Waals surface area (Å²) in [6, 6.07) is 5.57. The average molecular weight is 282 g/mol. The van der Waals surface area contributed by atoms with Crippen molar-refractivity contribution in [3.05, 3.63) is 28.8 Å². The molecule has 1 aromatic carbocycles. The minimum absolute atomic E-state index is 0.157. The highest BCUT2D eigenvalue weighted by molar-refractivity contribution is 6.30. The van der Waals surface area contributed by atoms with Crippen molar-refractivity contribution < 1.29 is 4.79 Å². The Labute approximate surface area is 119 Å². The molecule has 2 N–H and O–H groups in total. The minimum Gasteiger partial charge on any atom is -0.398 e. The number of carbonyl (C=O) groups excluding carboxylic acids is 1. The van der Waals surface area contributed by atoms with Crippen LogP contribution in [-0.2, 0) is 11.3 Å². The molecule has 0 radical (unpaired) electrons. The second kappa shape index (κ2) is 6.26. The van der Waals surface area contributed by atoms with Crippen LogP contribution in [0.5, 0.6) is 0 Å². The van der Waals surface area contributed by atoms with E-state index < -0.39 is 0 Å². The lowest BCUT2D eigenvalue weighted by atomic mass is 10.1. The van der Waals surface area contributed by atoms with Crippen LogP contribution >= 0.6 is 11.6 Å². The number of nitrogens with two attached hydrogens (primary N) is 1. The highest BCUT2D eigenvalue weighted by atomic mass is 35.5. The smallest absolute Gasteiger partial charge is 0.219 e. The Morgan fingerprint density at radius 3 is 2.84 bits per heavy atom. The topological polar surface area (TPSA) is 49.6 Å². The van der Waals surface area contributed by atoms with E-state index >= 15 is 0 Å². The van der Waals surface area contributed by atoms with Gasteiger partial charge in [-0.05, 0) is 30.2 Å². The molecule has 5 heteroatoms. The number of halogens is 1. The van der Waals surface area contributed by atoms with Crippen LogP contribution in [0.1, 0.15) is 18.9 Å². The van der Waals surface area contributed by atoms with Crippen LogP contribution in [0.15, 0.2) is 18.2 Å². The van der Waals surface area contributed by atoms with E-state index in [9.17, 15) is 4.79 Å². The average Bonchev–Trinajstić information content (AvgIpc) is 2.59. The first-order valence-corrected chi connectivity index (χ1v) is 6.96. The molecule has 4 nitrogen and oxygen atoms in total. The Bertz CT molecular complexity index is 464. The molecule has 1 heterocycles. The van der Waals surface area contributed by atoms with Crippen LogP contribution in [-0.4, -0.2) is 41.9 Å². The first kappa shape index (κ1) is 14.2. The van der Waals surface area contributed by atoms with Gasteiger partial charge in [0.05, 0.1) is 0 Å². The molecule has 0 bridgehead atoms. The molecule has 1 fully saturated rings.